The van der Waals surface area contributed by atoms with E-state index in [4.69, 9.17) is 17.4 Å². The minimum atomic E-state index is -0.600. The summed E-state index contributed by atoms with van der Waals surface area (Å²) in [4.78, 5) is 27.1. The van der Waals surface area contributed by atoms with Crippen LogP contribution < -0.4 is 0 Å². The molecule has 178 valence electrons. The maximum atomic E-state index is 14.7. The van der Waals surface area contributed by atoms with Crippen molar-refractivity contribution in [3.8, 4) is 0 Å². The van der Waals surface area contributed by atoms with Crippen molar-refractivity contribution in [2.75, 3.05) is 19.7 Å². The van der Waals surface area contributed by atoms with E-state index in [-0.39, 0.29) is 47.7 Å². The molecule has 0 amide bonds. The topological polar surface area (TPSA) is 64.4 Å². The van der Waals surface area contributed by atoms with E-state index in [9.17, 15) is 14.0 Å². The summed E-state index contributed by atoms with van der Waals surface area (Å²) in [6, 6.07) is 7.78. The molecule has 0 N–H and O–H groups in total. The number of hydrogen-bond acceptors (Lipinski definition) is 6. The number of carbonyl (C=O) groups is 2. The maximum absolute atomic E-state index is 14.7. The molecule has 2 heterocycles. The predicted molar refractivity (Wildman–Crippen MR) is 130 cm³/mol. The van der Waals surface area contributed by atoms with Gasteiger partial charge in [-0.3, -0.25) is 19.2 Å². The molecule has 2 fully saturated rings. The Morgan fingerprint density at radius 1 is 1.27 bits per heavy atom. The molecule has 1 aliphatic heterocycles. The molecule has 1 saturated carbocycles. The number of rotatable bonds is 8. The van der Waals surface area contributed by atoms with Gasteiger partial charge < -0.3 is 4.74 Å². The van der Waals surface area contributed by atoms with Crippen LogP contribution in [0.2, 0.25) is 0 Å². The molecule has 33 heavy (non-hydrogen) atoms. The summed E-state index contributed by atoms with van der Waals surface area (Å²) in [6.07, 6.45) is 6.10. The fourth-order valence-electron chi connectivity index (χ4n) is 4.19. The van der Waals surface area contributed by atoms with E-state index in [2.05, 4.69) is 10.00 Å². The Balaban J connectivity index is 0.00000306. The highest BCUT2D eigenvalue weighted by Gasteiger charge is 2.40. The van der Waals surface area contributed by atoms with Crippen LogP contribution in [0.4, 0.5) is 4.39 Å². The lowest BCUT2D eigenvalue weighted by molar-refractivity contribution is -0.144. The van der Waals surface area contributed by atoms with Gasteiger partial charge >= 0.3 is 5.97 Å². The highest BCUT2D eigenvalue weighted by Crippen LogP contribution is 2.39. The smallest absolute Gasteiger partial charge is 0.327 e. The summed E-state index contributed by atoms with van der Waals surface area (Å²) in [5.41, 5.74) is 2.22. The first-order chi connectivity index (χ1) is 15.5. The molecule has 0 spiro atoms. The van der Waals surface area contributed by atoms with Crippen LogP contribution in [-0.4, -0.2) is 51.4 Å². The van der Waals surface area contributed by atoms with E-state index in [1.807, 2.05) is 12.1 Å². The molecule has 1 aromatic heterocycles. The van der Waals surface area contributed by atoms with Gasteiger partial charge in [0.2, 0.25) is 0 Å². The number of aromatic nitrogens is 2. The number of benzene rings is 1. The number of esters is 1. The number of likely N-dealkylation sites (tertiary alicyclic amines) is 1. The summed E-state index contributed by atoms with van der Waals surface area (Å²) in [6.45, 7) is 3.26. The average molecular weight is 494 g/mol. The van der Waals surface area contributed by atoms with Crippen LogP contribution in [0.1, 0.15) is 43.5 Å². The zero-order chi connectivity index (χ0) is 22.7. The lowest BCUT2D eigenvalue weighted by Crippen LogP contribution is -2.42. The largest absolute Gasteiger partial charge is 0.465 e. The van der Waals surface area contributed by atoms with E-state index in [1.54, 1.807) is 36.0 Å². The maximum Gasteiger partial charge on any atom is 0.327 e. The van der Waals surface area contributed by atoms with E-state index in [0.717, 1.165) is 30.5 Å². The van der Waals surface area contributed by atoms with Gasteiger partial charge in [0.25, 0.3) is 0 Å². The van der Waals surface area contributed by atoms with Gasteiger partial charge in [-0.15, -0.1) is 12.4 Å². The summed E-state index contributed by atoms with van der Waals surface area (Å²) < 4.78 is 21.3. The van der Waals surface area contributed by atoms with Crippen LogP contribution in [0, 0.1) is 11.7 Å². The number of Topliss-reactive ketones (excluding diaryl/α,β-unsaturated/α-hetero) is 1. The first kappa shape index (κ1) is 25.5. The number of halogens is 2. The van der Waals surface area contributed by atoms with Gasteiger partial charge in [0, 0.05) is 36.0 Å². The molecule has 0 radical (unpaired) electrons. The average Bonchev–Trinajstić information content (AvgIpc) is 3.54. The standard InChI is InChI=1S/C24H28FN3O3S.ClH/c1-2-31-22(29)15-28-18(9-11-26-28)13-17-14-27(12-10-21(17)32)23(24(30)16-7-8-16)19-5-3-4-6-20(19)25;/h3-6,9,11,13,16,21,23,32H,2,7-8,10,12,14-15H2,1H3;1H/b17-13-;. The van der Waals surface area contributed by atoms with Gasteiger partial charge in [-0.05, 0) is 50.0 Å². The minimum absolute atomic E-state index is 0. The Bertz CT molecular complexity index is 1020. The van der Waals surface area contributed by atoms with Gasteiger partial charge in [-0.1, -0.05) is 18.2 Å². The number of carbonyl (C=O) groups excluding carboxylic acids is 2. The Labute approximate surface area is 205 Å². The molecule has 1 aliphatic carbocycles. The fourth-order valence-corrected chi connectivity index (χ4v) is 4.46. The molecule has 2 aliphatic rings. The van der Waals surface area contributed by atoms with Crippen molar-refractivity contribution in [3.63, 3.8) is 0 Å². The van der Waals surface area contributed by atoms with E-state index >= 15 is 0 Å². The molecular weight excluding hydrogens is 465 g/mol. The molecular formula is C24H29ClFN3O3S. The zero-order valence-corrected chi connectivity index (χ0v) is 20.2. The van der Waals surface area contributed by atoms with Gasteiger partial charge in [-0.2, -0.15) is 17.7 Å². The second-order valence-corrected chi connectivity index (χ2v) is 8.94. The van der Waals surface area contributed by atoms with E-state index in [0.29, 0.717) is 25.3 Å². The molecule has 2 atom stereocenters. The first-order valence-corrected chi connectivity index (χ1v) is 11.6. The number of thiol groups is 1. The third-order valence-corrected chi connectivity index (χ3v) is 6.57. The van der Waals surface area contributed by atoms with Gasteiger partial charge in [-0.25, -0.2) is 4.39 Å². The fraction of sp³-hybridized carbons (Fsp3) is 0.458. The zero-order valence-electron chi connectivity index (χ0n) is 18.5. The summed E-state index contributed by atoms with van der Waals surface area (Å²) in [5.74, 6) is -0.582. The molecule has 1 saturated heterocycles. The van der Waals surface area contributed by atoms with Crippen LogP contribution in [-0.2, 0) is 20.9 Å². The normalized spacial score (nSPS) is 20.8. The molecule has 2 aromatic rings. The van der Waals surface area contributed by atoms with Crippen molar-refractivity contribution < 1.29 is 18.7 Å². The van der Waals surface area contributed by atoms with Crippen LogP contribution >= 0.6 is 25.0 Å². The Hall–Kier alpha value is -2.16. The van der Waals surface area contributed by atoms with Crippen molar-refractivity contribution >= 4 is 42.9 Å². The SMILES string of the molecule is CCOC(=O)Cn1nccc1/C=C1/CN(C(C(=O)C2CC2)c2ccccc2F)CCC1S.Cl. The monoisotopic (exact) mass is 493 g/mol. The number of ketones is 1. The van der Waals surface area contributed by atoms with Gasteiger partial charge in [0.1, 0.15) is 12.4 Å². The summed E-state index contributed by atoms with van der Waals surface area (Å²) in [5, 5.41) is 4.24. The van der Waals surface area contributed by atoms with Gasteiger partial charge in [0.05, 0.1) is 18.3 Å². The third-order valence-electron chi connectivity index (χ3n) is 5.98. The Kier molecular flexibility index (Phi) is 8.73. The second-order valence-electron chi connectivity index (χ2n) is 8.31. The highest BCUT2D eigenvalue weighted by atomic mass is 35.5. The summed E-state index contributed by atoms with van der Waals surface area (Å²) >= 11 is 4.75. The van der Waals surface area contributed by atoms with Crippen molar-refractivity contribution in [3.05, 3.63) is 59.2 Å². The first-order valence-electron chi connectivity index (χ1n) is 11.1. The van der Waals surface area contributed by atoms with Crippen molar-refractivity contribution in [1.82, 2.24) is 14.7 Å². The predicted octanol–water partition coefficient (Wildman–Crippen LogP) is 4.12. The minimum Gasteiger partial charge on any atom is -0.465 e. The molecule has 0 bridgehead atoms. The Morgan fingerprint density at radius 3 is 2.73 bits per heavy atom. The van der Waals surface area contributed by atoms with Gasteiger partial charge in [0.15, 0.2) is 5.78 Å². The van der Waals surface area contributed by atoms with E-state index in [1.165, 1.54) is 6.07 Å². The van der Waals surface area contributed by atoms with Crippen LogP contribution in [0.15, 0.2) is 42.1 Å². The lowest BCUT2D eigenvalue weighted by atomic mass is 9.93. The molecule has 4 rings (SSSR count). The molecule has 1 aromatic carbocycles. The Morgan fingerprint density at radius 2 is 2.03 bits per heavy atom. The summed E-state index contributed by atoms with van der Waals surface area (Å²) in [7, 11) is 0. The van der Waals surface area contributed by atoms with Crippen molar-refractivity contribution in [2.24, 2.45) is 5.92 Å². The number of piperidine rings is 1. The lowest BCUT2D eigenvalue weighted by Gasteiger charge is -2.37. The highest BCUT2D eigenvalue weighted by molar-refractivity contribution is 7.81. The number of hydrogen-bond donors (Lipinski definition) is 1. The van der Waals surface area contributed by atoms with Crippen LogP contribution in [0.25, 0.3) is 6.08 Å². The van der Waals surface area contributed by atoms with Crippen molar-refractivity contribution in [2.45, 2.75) is 44.0 Å². The second kappa shape index (κ2) is 11.3. The number of ether oxygens (including phenoxy) is 1. The van der Waals surface area contributed by atoms with E-state index < -0.39 is 6.04 Å². The molecule has 9 heteroatoms. The molecule has 6 nitrogen and oxygen atoms in total. The number of nitrogens with zero attached hydrogens (tertiary/aromatic N) is 3. The quantitative estimate of drug-likeness (QED) is 0.443. The van der Waals surface area contributed by atoms with Crippen molar-refractivity contribution in [1.29, 1.82) is 0 Å². The molecule has 2 unspecified atom stereocenters. The third kappa shape index (κ3) is 6.05. The van der Waals surface area contributed by atoms with Crippen LogP contribution in [0.3, 0.4) is 0 Å². The van der Waals surface area contributed by atoms with Crippen LogP contribution in [0.5, 0.6) is 0 Å².